The lowest BCUT2D eigenvalue weighted by atomic mass is 10.0. The maximum Gasteiger partial charge on any atom is 0.273 e. The fraction of sp³-hybridized carbons (Fsp3) is 0.294. The Morgan fingerprint density at radius 3 is 2.75 bits per heavy atom. The summed E-state index contributed by atoms with van der Waals surface area (Å²) in [6, 6.07) is 1.73. The molecule has 2 N–H and O–H groups in total. The fourth-order valence-corrected chi connectivity index (χ4v) is 2.75. The topological polar surface area (TPSA) is 86.3 Å². The van der Waals surface area contributed by atoms with Crippen LogP contribution < -0.4 is 5.43 Å². The van der Waals surface area contributed by atoms with Crippen LogP contribution in [0.5, 0.6) is 0 Å². The van der Waals surface area contributed by atoms with E-state index in [0.29, 0.717) is 17.0 Å². The van der Waals surface area contributed by atoms with Crippen molar-refractivity contribution in [2.24, 2.45) is 5.10 Å². The van der Waals surface area contributed by atoms with Crippen LogP contribution in [-0.4, -0.2) is 45.6 Å². The quantitative estimate of drug-likeness (QED) is 0.833. The van der Waals surface area contributed by atoms with Gasteiger partial charge in [0.15, 0.2) is 0 Å². The van der Waals surface area contributed by atoms with E-state index in [2.05, 4.69) is 37.3 Å². The van der Waals surface area contributed by atoms with Crippen molar-refractivity contribution in [3.63, 3.8) is 0 Å². The number of aromatic amines is 1. The number of hydrazone groups is 1. The van der Waals surface area contributed by atoms with Crippen molar-refractivity contribution in [3.8, 4) is 0 Å². The predicted octanol–water partition coefficient (Wildman–Crippen LogP) is 1.40. The summed E-state index contributed by atoms with van der Waals surface area (Å²) in [5.74, 6) is -0.232. The third-order valence-corrected chi connectivity index (χ3v) is 3.99. The first-order chi connectivity index (χ1) is 11.5. The second-order valence-electron chi connectivity index (χ2n) is 6.06. The Bertz CT molecular complexity index is 832. The molecule has 3 rings (SSSR count). The Hall–Kier alpha value is -2.80. The van der Waals surface area contributed by atoms with Crippen molar-refractivity contribution in [1.82, 2.24) is 25.3 Å². The first-order valence-electron chi connectivity index (χ1n) is 7.66. The molecule has 0 aromatic carbocycles. The number of H-pyrrole nitrogens is 1. The van der Waals surface area contributed by atoms with Gasteiger partial charge in [0.2, 0.25) is 0 Å². The van der Waals surface area contributed by atoms with E-state index in [0.717, 1.165) is 23.5 Å². The van der Waals surface area contributed by atoms with Gasteiger partial charge in [0, 0.05) is 24.1 Å². The van der Waals surface area contributed by atoms with Crippen molar-refractivity contribution in [3.05, 3.63) is 52.4 Å². The maximum atomic E-state index is 12.2. The monoisotopic (exact) mass is 324 g/mol. The Morgan fingerprint density at radius 2 is 2.08 bits per heavy atom. The molecule has 0 spiro atoms. The Morgan fingerprint density at radius 1 is 1.29 bits per heavy atom. The number of nitrogens with zero attached hydrogens (tertiary/aromatic N) is 4. The number of rotatable bonds is 4. The third kappa shape index (κ3) is 2.98. The van der Waals surface area contributed by atoms with E-state index in [1.165, 1.54) is 11.9 Å². The van der Waals surface area contributed by atoms with Gasteiger partial charge in [0.05, 0.1) is 11.3 Å². The van der Waals surface area contributed by atoms with Gasteiger partial charge in [0.1, 0.15) is 12.0 Å². The van der Waals surface area contributed by atoms with Crippen LogP contribution in [0.25, 0.3) is 6.08 Å². The summed E-state index contributed by atoms with van der Waals surface area (Å²) >= 11 is 0. The van der Waals surface area contributed by atoms with Crippen molar-refractivity contribution in [1.29, 1.82) is 0 Å². The van der Waals surface area contributed by atoms with Crippen molar-refractivity contribution in [2.45, 2.75) is 20.4 Å². The van der Waals surface area contributed by atoms with Crippen LogP contribution in [0.15, 0.2) is 29.3 Å². The highest BCUT2D eigenvalue weighted by molar-refractivity contribution is 6.32. The summed E-state index contributed by atoms with van der Waals surface area (Å²) in [6.45, 7) is 4.95. The lowest BCUT2D eigenvalue weighted by molar-refractivity contribution is -0.116. The molecular formula is C17H20N6O. The van der Waals surface area contributed by atoms with Gasteiger partial charge in [-0.25, -0.2) is 15.4 Å². The minimum absolute atomic E-state index is 0.232. The molecule has 1 amide bonds. The smallest absolute Gasteiger partial charge is 0.273 e. The molecule has 0 bridgehead atoms. The molecule has 2 aromatic rings. The number of nitrogens with one attached hydrogen (secondary N) is 2. The number of amides is 1. The zero-order valence-electron chi connectivity index (χ0n) is 14.2. The summed E-state index contributed by atoms with van der Waals surface area (Å²) < 4.78 is 0. The normalized spacial score (nSPS) is 16.0. The molecule has 0 unspecified atom stereocenters. The summed E-state index contributed by atoms with van der Waals surface area (Å²) in [5, 5.41) is 4.11. The molecule has 0 aliphatic carbocycles. The second-order valence-corrected chi connectivity index (χ2v) is 6.06. The van der Waals surface area contributed by atoms with Crippen LogP contribution in [0.2, 0.25) is 0 Å². The van der Waals surface area contributed by atoms with Crippen molar-refractivity contribution < 1.29 is 4.79 Å². The molecular weight excluding hydrogens is 304 g/mol. The van der Waals surface area contributed by atoms with Gasteiger partial charge in [0.25, 0.3) is 5.91 Å². The van der Waals surface area contributed by atoms with Gasteiger partial charge in [-0.2, -0.15) is 5.10 Å². The SMILES string of the molecule is Cc1[nH]c(/C=C2/C(=O)NN=C2c2ccncn2)c(C)c1CN(C)C. The van der Waals surface area contributed by atoms with E-state index in [-0.39, 0.29) is 5.91 Å². The van der Waals surface area contributed by atoms with Gasteiger partial charge in [-0.1, -0.05) is 0 Å². The minimum atomic E-state index is -0.232. The molecule has 0 atom stereocenters. The molecule has 0 radical (unpaired) electrons. The Labute approximate surface area is 140 Å². The number of aryl methyl sites for hydroxylation is 1. The van der Waals surface area contributed by atoms with E-state index in [1.54, 1.807) is 12.3 Å². The number of hydrogen-bond acceptors (Lipinski definition) is 5. The second kappa shape index (κ2) is 6.37. The molecule has 0 saturated heterocycles. The molecule has 0 fully saturated rings. The van der Waals surface area contributed by atoms with E-state index in [9.17, 15) is 4.79 Å². The molecule has 7 heteroatoms. The van der Waals surface area contributed by atoms with Gasteiger partial charge in [-0.15, -0.1) is 0 Å². The van der Waals surface area contributed by atoms with Crippen LogP contribution in [0, 0.1) is 13.8 Å². The van der Waals surface area contributed by atoms with Crippen LogP contribution in [0.3, 0.4) is 0 Å². The van der Waals surface area contributed by atoms with Crippen LogP contribution >= 0.6 is 0 Å². The standard InChI is InChI=1S/C17H20N6O/c1-10-13(8-23(3)4)11(2)20-15(10)7-12-16(21-22-17(12)24)14-5-6-18-9-19-14/h5-7,9,20H,8H2,1-4H3,(H,22,24)/b12-7+. The van der Waals surface area contributed by atoms with Gasteiger partial charge in [-0.3, -0.25) is 4.79 Å². The molecule has 1 aliphatic heterocycles. The van der Waals surface area contributed by atoms with E-state index in [4.69, 9.17) is 0 Å². The third-order valence-electron chi connectivity index (χ3n) is 3.99. The first kappa shape index (κ1) is 16.1. The highest BCUT2D eigenvalue weighted by Crippen LogP contribution is 2.23. The molecule has 124 valence electrons. The highest BCUT2D eigenvalue weighted by atomic mass is 16.2. The number of aromatic nitrogens is 3. The Balaban J connectivity index is 2.01. The van der Waals surface area contributed by atoms with Crippen LogP contribution in [0.1, 0.15) is 28.2 Å². The lowest BCUT2D eigenvalue weighted by Gasteiger charge is -2.10. The fourth-order valence-electron chi connectivity index (χ4n) is 2.75. The van der Waals surface area contributed by atoms with Crippen LogP contribution in [0.4, 0.5) is 0 Å². The summed E-state index contributed by atoms with van der Waals surface area (Å²) in [7, 11) is 4.07. The summed E-state index contributed by atoms with van der Waals surface area (Å²) in [4.78, 5) is 25.8. The predicted molar refractivity (Wildman–Crippen MR) is 92.3 cm³/mol. The minimum Gasteiger partial charge on any atom is -0.359 e. The molecule has 0 saturated carbocycles. The average Bonchev–Trinajstić information content (AvgIpc) is 3.04. The molecule has 1 aliphatic rings. The molecule has 3 heterocycles. The summed E-state index contributed by atoms with van der Waals surface area (Å²) in [5.41, 5.74) is 8.54. The van der Waals surface area contributed by atoms with E-state index >= 15 is 0 Å². The van der Waals surface area contributed by atoms with E-state index in [1.807, 2.05) is 27.1 Å². The lowest BCUT2D eigenvalue weighted by Crippen LogP contribution is -2.14. The zero-order chi connectivity index (χ0) is 17.3. The number of carbonyl (C=O) groups excluding carboxylic acids is 1. The van der Waals surface area contributed by atoms with Crippen molar-refractivity contribution >= 4 is 17.7 Å². The first-order valence-corrected chi connectivity index (χ1v) is 7.66. The number of hydrogen-bond donors (Lipinski definition) is 2. The molecule has 7 nitrogen and oxygen atoms in total. The van der Waals surface area contributed by atoms with Gasteiger partial charge < -0.3 is 9.88 Å². The molecule has 24 heavy (non-hydrogen) atoms. The Kier molecular flexibility index (Phi) is 4.26. The zero-order valence-corrected chi connectivity index (χ0v) is 14.2. The highest BCUT2D eigenvalue weighted by Gasteiger charge is 2.25. The largest absolute Gasteiger partial charge is 0.359 e. The van der Waals surface area contributed by atoms with Gasteiger partial charge in [-0.05, 0) is 51.2 Å². The summed E-state index contributed by atoms with van der Waals surface area (Å²) in [6.07, 6.45) is 4.91. The van der Waals surface area contributed by atoms with Crippen molar-refractivity contribution in [2.75, 3.05) is 14.1 Å². The number of carbonyl (C=O) groups is 1. The van der Waals surface area contributed by atoms with Gasteiger partial charge >= 0.3 is 0 Å². The average molecular weight is 324 g/mol. The maximum absolute atomic E-state index is 12.2. The molecule has 2 aromatic heterocycles. The van der Waals surface area contributed by atoms with E-state index < -0.39 is 0 Å². The van der Waals surface area contributed by atoms with Crippen LogP contribution in [-0.2, 0) is 11.3 Å².